The van der Waals surface area contributed by atoms with Gasteiger partial charge in [-0.3, -0.25) is 4.79 Å². The summed E-state index contributed by atoms with van der Waals surface area (Å²) in [6.07, 6.45) is 5.04. The Labute approximate surface area is 204 Å². The van der Waals surface area contributed by atoms with Crippen LogP contribution in [0.1, 0.15) is 44.1 Å². The van der Waals surface area contributed by atoms with Crippen molar-refractivity contribution in [3.63, 3.8) is 0 Å². The highest BCUT2D eigenvalue weighted by Gasteiger charge is 2.39. The standard InChI is InChI=1S/C27H37N3O3Si/c1-27(2,3)34(4,5)33-24(18-30-19-25(26(28)31)29-20-30)12-9-17-32-23-15-13-22(14-16-23)21-10-7-6-8-11-21/h6-8,10-11,13-16,19-20,24H,9,12,17-18H2,1-5H3,(H2,28,31)/t24-/m0/s1. The smallest absolute Gasteiger partial charge is 0.268 e. The molecule has 1 amide bonds. The van der Waals surface area contributed by atoms with Gasteiger partial charge in [0.15, 0.2) is 8.32 Å². The molecule has 0 bridgehead atoms. The van der Waals surface area contributed by atoms with E-state index in [9.17, 15) is 4.79 Å². The maximum absolute atomic E-state index is 11.4. The van der Waals surface area contributed by atoms with Gasteiger partial charge < -0.3 is 19.5 Å². The van der Waals surface area contributed by atoms with Crippen molar-refractivity contribution >= 4 is 14.2 Å². The van der Waals surface area contributed by atoms with Gasteiger partial charge in [0.2, 0.25) is 0 Å². The minimum atomic E-state index is -1.97. The van der Waals surface area contributed by atoms with Crippen molar-refractivity contribution < 1.29 is 14.0 Å². The lowest BCUT2D eigenvalue weighted by Gasteiger charge is -2.39. The van der Waals surface area contributed by atoms with Crippen molar-refractivity contribution in [2.24, 2.45) is 5.73 Å². The van der Waals surface area contributed by atoms with Gasteiger partial charge in [0.05, 0.1) is 19.0 Å². The Balaban J connectivity index is 1.57. The van der Waals surface area contributed by atoms with Gasteiger partial charge in [-0.1, -0.05) is 63.2 Å². The molecule has 6 nitrogen and oxygen atoms in total. The molecule has 0 spiro atoms. The number of nitrogens with two attached hydrogens (primary N) is 1. The van der Waals surface area contributed by atoms with Crippen molar-refractivity contribution in [3.8, 4) is 16.9 Å². The summed E-state index contributed by atoms with van der Waals surface area (Å²) in [7, 11) is -1.97. The van der Waals surface area contributed by atoms with Crippen LogP contribution in [0, 0.1) is 0 Å². The van der Waals surface area contributed by atoms with Crippen LogP contribution in [0.5, 0.6) is 5.75 Å². The predicted molar refractivity (Wildman–Crippen MR) is 139 cm³/mol. The summed E-state index contributed by atoms with van der Waals surface area (Å²) in [6, 6.07) is 18.5. The van der Waals surface area contributed by atoms with E-state index in [-0.39, 0.29) is 16.8 Å². The van der Waals surface area contributed by atoms with Crippen LogP contribution in [0.2, 0.25) is 18.1 Å². The largest absolute Gasteiger partial charge is 0.494 e. The molecule has 0 unspecified atom stereocenters. The maximum atomic E-state index is 11.4. The molecular weight excluding hydrogens is 442 g/mol. The third kappa shape index (κ3) is 7.05. The number of hydrogen-bond donors (Lipinski definition) is 1. The molecule has 7 heteroatoms. The Kier molecular flexibility index (Phi) is 8.33. The van der Waals surface area contributed by atoms with E-state index in [1.165, 1.54) is 11.1 Å². The summed E-state index contributed by atoms with van der Waals surface area (Å²) < 4.78 is 14.6. The van der Waals surface area contributed by atoms with Crippen LogP contribution in [0.25, 0.3) is 11.1 Å². The number of amides is 1. The van der Waals surface area contributed by atoms with Crippen molar-refractivity contribution in [2.75, 3.05) is 6.61 Å². The molecule has 2 N–H and O–H groups in total. The van der Waals surface area contributed by atoms with E-state index < -0.39 is 14.2 Å². The molecule has 1 aromatic heterocycles. The summed E-state index contributed by atoms with van der Waals surface area (Å²) in [5.74, 6) is 0.342. The SMILES string of the molecule is CC(C)(C)[Si](C)(C)O[C@@H](CCCOc1ccc(-c2ccccc2)cc1)Cn1cnc(C(N)=O)c1. The van der Waals surface area contributed by atoms with Gasteiger partial charge in [0, 0.05) is 12.7 Å². The third-order valence-electron chi connectivity index (χ3n) is 6.47. The van der Waals surface area contributed by atoms with Crippen LogP contribution in [0.4, 0.5) is 0 Å². The van der Waals surface area contributed by atoms with Crippen molar-refractivity contribution in [3.05, 3.63) is 72.8 Å². The molecule has 182 valence electrons. The summed E-state index contributed by atoms with van der Waals surface area (Å²) >= 11 is 0. The van der Waals surface area contributed by atoms with Crippen molar-refractivity contribution in [2.45, 2.75) is 64.4 Å². The minimum Gasteiger partial charge on any atom is -0.494 e. The van der Waals surface area contributed by atoms with E-state index in [0.29, 0.717) is 13.2 Å². The first-order valence-electron chi connectivity index (χ1n) is 11.8. The summed E-state index contributed by atoms with van der Waals surface area (Å²) in [4.78, 5) is 15.5. The molecule has 0 saturated carbocycles. The van der Waals surface area contributed by atoms with Gasteiger partial charge in [0.25, 0.3) is 5.91 Å². The van der Waals surface area contributed by atoms with Crippen LogP contribution in [0.15, 0.2) is 67.1 Å². The highest BCUT2D eigenvalue weighted by molar-refractivity contribution is 6.74. The molecule has 0 radical (unpaired) electrons. The number of rotatable bonds is 11. The van der Waals surface area contributed by atoms with Gasteiger partial charge in [-0.15, -0.1) is 0 Å². The normalized spacial score (nSPS) is 13.0. The van der Waals surface area contributed by atoms with Crippen LogP contribution >= 0.6 is 0 Å². The van der Waals surface area contributed by atoms with E-state index in [0.717, 1.165) is 18.6 Å². The monoisotopic (exact) mass is 479 g/mol. The fourth-order valence-electron chi connectivity index (χ4n) is 3.48. The van der Waals surface area contributed by atoms with Crippen LogP contribution < -0.4 is 10.5 Å². The van der Waals surface area contributed by atoms with Gasteiger partial charge >= 0.3 is 0 Å². The molecule has 0 aliphatic rings. The van der Waals surface area contributed by atoms with Crippen LogP contribution in [-0.4, -0.2) is 36.5 Å². The topological polar surface area (TPSA) is 79.4 Å². The average Bonchev–Trinajstić information content (AvgIpc) is 3.25. The van der Waals surface area contributed by atoms with Gasteiger partial charge in [-0.05, 0) is 54.2 Å². The fourth-order valence-corrected chi connectivity index (χ4v) is 4.86. The van der Waals surface area contributed by atoms with E-state index in [4.69, 9.17) is 14.9 Å². The Bertz CT molecular complexity index is 1060. The molecule has 34 heavy (non-hydrogen) atoms. The second-order valence-electron chi connectivity index (χ2n) is 10.2. The number of carbonyl (C=O) groups excluding carboxylic acids is 1. The molecule has 0 saturated heterocycles. The number of benzene rings is 2. The average molecular weight is 480 g/mol. The lowest BCUT2D eigenvalue weighted by Crippen LogP contribution is -2.45. The number of imidazole rings is 1. The number of primary amides is 1. The molecule has 3 aromatic rings. The van der Waals surface area contributed by atoms with Gasteiger partial charge in [0.1, 0.15) is 11.4 Å². The second-order valence-corrected chi connectivity index (χ2v) is 15.0. The summed E-state index contributed by atoms with van der Waals surface area (Å²) in [6.45, 7) is 12.5. The maximum Gasteiger partial charge on any atom is 0.268 e. The molecule has 2 aromatic carbocycles. The summed E-state index contributed by atoms with van der Waals surface area (Å²) in [5.41, 5.74) is 7.99. The first kappa shape index (κ1) is 25.7. The molecule has 1 heterocycles. The fraction of sp³-hybridized carbons (Fsp3) is 0.407. The van der Waals surface area contributed by atoms with E-state index in [2.05, 4.69) is 63.1 Å². The van der Waals surface area contributed by atoms with Gasteiger partial charge in [-0.2, -0.15) is 0 Å². The quantitative estimate of drug-likeness (QED) is 0.274. The van der Waals surface area contributed by atoms with Crippen molar-refractivity contribution in [1.82, 2.24) is 9.55 Å². The Morgan fingerprint density at radius 1 is 1.06 bits per heavy atom. The second kappa shape index (κ2) is 11.0. The third-order valence-corrected chi connectivity index (χ3v) is 11.0. The highest BCUT2D eigenvalue weighted by Crippen LogP contribution is 2.38. The first-order valence-corrected chi connectivity index (χ1v) is 14.7. The Hall–Kier alpha value is -2.90. The number of ether oxygens (including phenoxy) is 1. The Morgan fingerprint density at radius 2 is 1.71 bits per heavy atom. The van der Waals surface area contributed by atoms with E-state index in [1.807, 2.05) is 34.9 Å². The van der Waals surface area contributed by atoms with Crippen molar-refractivity contribution in [1.29, 1.82) is 0 Å². The van der Waals surface area contributed by atoms with Crippen LogP contribution in [0.3, 0.4) is 0 Å². The zero-order chi connectivity index (χ0) is 24.8. The predicted octanol–water partition coefficient (Wildman–Crippen LogP) is 5.90. The zero-order valence-corrected chi connectivity index (χ0v) is 22.0. The number of carbonyl (C=O) groups is 1. The highest BCUT2D eigenvalue weighted by atomic mass is 28.4. The molecule has 0 fully saturated rings. The van der Waals surface area contributed by atoms with E-state index in [1.54, 1.807) is 12.5 Å². The molecule has 0 aliphatic heterocycles. The summed E-state index contributed by atoms with van der Waals surface area (Å²) in [5, 5.41) is 0.107. The number of nitrogens with zero attached hydrogens (tertiary/aromatic N) is 2. The molecule has 0 aliphatic carbocycles. The Morgan fingerprint density at radius 3 is 2.29 bits per heavy atom. The first-order chi connectivity index (χ1) is 16.0. The minimum absolute atomic E-state index is 0.000116. The molecular formula is C27H37N3O3Si. The number of aromatic nitrogens is 2. The lowest BCUT2D eigenvalue weighted by molar-refractivity contribution is 0.0995. The molecule has 1 atom stereocenters. The molecule has 3 rings (SSSR count). The van der Waals surface area contributed by atoms with Crippen LogP contribution in [-0.2, 0) is 11.0 Å². The van der Waals surface area contributed by atoms with E-state index >= 15 is 0 Å². The van der Waals surface area contributed by atoms with Gasteiger partial charge in [-0.25, -0.2) is 4.98 Å². The number of hydrogen-bond acceptors (Lipinski definition) is 4. The zero-order valence-electron chi connectivity index (χ0n) is 21.0. The lowest BCUT2D eigenvalue weighted by atomic mass is 10.1.